The van der Waals surface area contributed by atoms with E-state index in [1.807, 2.05) is 17.5 Å². The van der Waals surface area contributed by atoms with Gasteiger partial charge in [-0.05, 0) is 23.6 Å². The second-order valence-corrected chi connectivity index (χ2v) is 5.62. The Labute approximate surface area is 116 Å². The van der Waals surface area contributed by atoms with Crippen LogP contribution in [0.3, 0.4) is 0 Å². The molecule has 0 fully saturated rings. The molecule has 0 aliphatic heterocycles. The summed E-state index contributed by atoms with van der Waals surface area (Å²) in [4.78, 5) is 17.2. The predicted molar refractivity (Wildman–Crippen MR) is 76.5 cm³/mol. The number of thiophene rings is 1. The first-order valence-corrected chi connectivity index (χ1v) is 7.08. The molecule has 0 radical (unpaired) electrons. The van der Waals surface area contributed by atoms with Crippen LogP contribution in [0.4, 0.5) is 10.1 Å². The van der Waals surface area contributed by atoms with Gasteiger partial charge in [0.25, 0.3) is 5.91 Å². The number of hydrogen-bond acceptors (Lipinski definition) is 6. The highest BCUT2D eigenvalue weighted by Crippen LogP contribution is 2.36. The average molecular weight is 291 g/mol. The Kier molecular flexibility index (Phi) is 3.06. The van der Waals surface area contributed by atoms with E-state index in [1.54, 1.807) is 23.5 Å². The lowest BCUT2D eigenvalue weighted by Gasteiger charge is -2.01. The SMILES string of the molecule is Nc1nc(-c2cccs2)c(NC(=O)c2ccco2)s1. The predicted octanol–water partition coefficient (Wildman–Crippen LogP) is 3.30. The molecule has 0 aromatic carbocycles. The van der Waals surface area contributed by atoms with Gasteiger partial charge >= 0.3 is 0 Å². The second-order valence-electron chi connectivity index (χ2n) is 3.64. The summed E-state index contributed by atoms with van der Waals surface area (Å²) < 4.78 is 5.05. The van der Waals surface area contributed by atoms with Crippen LogP contribution in [0.5, 0.6) is 0 Å². The summed E-state index contributed by atoms with van der Waals surface area (Å²) in [5.74, 6) is -0.0597. The van der Waals surface area contributed by atoms with E-state index >= 15 is 0 Å². The van der Waals surface area contributed by atoms with Gasteiger partial charge < -0.3 is 15.5 Å². The van der Waals surface area contributed by atoms with Gasteiger partial charge in [-0.1, -0.05) is 17.4 Å². The fourth-order valence-electron chi connectivity index (χ4n) is 1.57. The minimum atomic E-state index is -0.313. The number of nitrogen functional groups attached to an aromatic ring is 1. The van der Waals surface area contributed by atoms with Gasteiger partial charge in [0.1, 0.15) is 10.7 Å². The van der Waals surface area contributed by atoms with E-state index in [-0.39, 0.29) is 11.7 Å². The topological polar surface area (TPSA) is 81.1 Å². The van der Waals surface area contributed by atoms with Crippen molar-refractivity contribution in [3.05, 3.63) is 41.7 Å². The van der Waals surface area contributed by atoms with E-state index in [4.69, 9.17) is 10.2 Å². The number of nitrogens with two attached hydrogens (primary N) is 1. The van der Waals surface area contributed by atoms with Gasteiger partial charge in [0.15, 0.2) is 10.9 Å². The monoisotopic (exact) mass is 291 g/mol. The first-order chi connectivity index (χ1) is 9.24. The molecule has 0 atom stereocenters. The Hall–Kier alpha value is -2.12. The molecule has 0 aliphatic carbocycles. The van der Waals surface area contributed by atoms with E-state index < -0.39 is 0 Å². The van der Waals surface area contributed by atoms with Crippen LogP contribution in [0.25, 0.3) is 10.6 Å². The van der Waals surface area contributed by atoms with E-state index in [0.29, 0.717) is 15.8 Å². The summed E-state index contributed by atoms with van der Waals surface area (Å²) in [6, 6.07) is 7.12. The lowest BCUT2D eigenvalue weighted by Crippen LogP contribution is -2.10. The minimum absolute atomic E-state index is 0.254. The molecule has 1 amide bonds. The Morgan fingerprint density at radius 1 is 1.37 bits per heavy atom. The normalized spacial score (nSPS) is 10.5. The zero-order valence-electron chi connectivity index (χ0n) is 9.62. The maximum Gasteiger partial charge on any atom is 0.292 e. The number of amides is 1. The Morgan fingerprint density at radius 3 is 2.95 bits per heavy atom. The molecular weight excluding hydrogens is 282 g/mol. The highest BCUT2D eigenvalue weighted by Gasteiger charge is 2.17. The number of anilines is 2. The van der Waals surface area contributed by atoms with Crippen LogP contribution in [-0.2, 0) is 0 Å². The van der Waals surface area contributed by atoms with Crippen LogP contribution in [0.15, 0.2) is 40.3 Å². The highest BCUT2D eigenvalue weighted by atomic mass is 32.1. The Bertz CT molecular complexity index is 687. The third kappa shape index (κ3) is 2.38. The molecule has 0 unspecified atom stereocenters. The lowest BCUT2D eigenvalue weighted by molar-refractivity contribution is 0.0997. The number of nitrogens with one attached hydrogen (secondary N) is 1. The molecule has 0 saturated carbocycles. The van der Waals surface area contributed by atoms with E-state index in [9.17, 15) is 4.79 Å². The lowest BCUT2D eigenvalue weighted by atomic mass is 10.3. The van der Waals surface area contributed by atoms with Crippen LogP contribution in [0.1, 0.15) is 10.6 Å². The maximum absolute atomic E-state index is 11.9. The number of carbonyl (C=O) groups excluding carboxylic acids is 1. The van der Waals surface area contributed by atoms with Gasteiger partial charge in [-0.15, -0.1) is 11.3 Å². The van der Waals surface area contributed by atoms with Gasteiger partial charge in [-0.2, -0.15) is 0 Å². The summed E-state index contributed by atoms with van der Waals surface area (Å²) >= 11 is 2.78. The first kappa shape index (κ1) is 11.9. The smallest absolute Gasteiger partial charge is 0.292 e. The number of hydrogen-bond donors (Lipinski definition) is 2. The summed E-state index contributed by atoms with van der Waals surface area (Å²) in [6.45, 7) is 0. The number of thiazole rings is 1. The molecular formula is C12H9N3O2S2. The molecule has 3 aromatic heterocycles. The summed E-state index contributed by atoms with van der Waals surface area (Å²) in [6.07, 6.45) is 1.45. The van der Waals surface area contributed by atoms with Crippen LogP contribution >= 0.6 is 22.7 Å². The fourth-order valence-corrected chi connectivity index (χ4v) is 3.10. The zero-order chi connectivity index (χ0) is 13.2. The van der Waals surface area contributed by atoms with Crippen molar-refractivity contribution in [3.8, 4) is 10.6 Å². The number of aromatic nitrogens is 1. The zero-order valence-corrected chi connectivity index (χ0v) is 11.3. The molecule has 3 N–H and O–H groups in total. The average Bonchev–Trinajstić information content (AvgIpc) is 3.09. The van der Waals surface area contributed by atoms with E-state index in [0.717, 1.165) is 4.88 Å². The molecule has 3 rings (SSSR count). The molecule has 5 nitrogen and oxygen atoms in total. The molecule has 7 heteroatoms. The van der Waals surface area contributed by atoms with Gasteiger partial charge in [0, 0.05) is 0 Å². The third-order valence-electron chi connectivity index (χ3n) is 2.37. The van der Waals surface area contributed by atoms with Gasteiger partial charge in [-0.25, -0.2) is 4.98 Å². The summed E-state index contributed by atoms with van der Waals surface area (Å²) in [7, 11) is 0. The number of nitrogens with zero attached hydrogens (tertiary/aromatic N) is 1. The first-order valence-electron chi connectivity index (χ1n) is 5.39. The fraction of sp³-hybridized carbons (Fsp3) is 0. The maximum atomic E-state index is 11.9. The molecule has 3 aromatic rings. The van der Waals surface area contributed by atoms with Crippen molar-refractivity contribution in [3.63, 3.8) is 0 Å². The minimum Gasteiger partial charge on any atom is -0.459 e. The standard InChI is InChI=1S/C12H9N3O2S2/c13-12-14-9(8-4-2-6-18-8)11(19-12)15-10(16)7-3-1-5-17-7/h1-6H,(H2,13,14)(H,15,16). The molecule has 0 spiro atoms. The van der Waals surface area contributed by atoms with Crippen LogP contribution in [0, 0.1) is 0 Å². The van der Waals surface area contributed by atoms with Crippen LogP contribution in [-0.4, -0.2) is 10.9 Å². The van der Waals surface area contributed by atoms with Crippen molar-refractivity contribution in [1.29, 1.82) is 0 Å². The number of rotatable bonds is 3. The molecule has 96 valence electrons. The Morgan fingerprint density at radius 2 is 2.26 bits per heavy atom. The van der Waals surface area contributed by atoms with E-state index in [1.165, 1.54) is 17.6 Å². The molecule has 3 heterocycles. The van der Waals surface area contributed by atoms with Crippen LogP contribution < -0.4 is 11.1 Å². The van der Waals surface area contributed by atoms with Crippen molar-refractivity contribution in [2.45, 2.75) is 0 Å². The van der Waals surface area contributed by atoms with Crippen molar-refractivity contribution in [2.75, 3.05) is 11.1 Å². The molecule has 0 aliphatic rings. The molecule has 0 saturated heterocycles. The van der Waals surface area contributed by atoms with Crippen molar-refractivity contribution in [2.24, 2.45) is 0 Å². The summed E-state index contributed by atoms with van der Waals surface area (Å²) in [5, 5.41) is 5.76. The van der Waals surface area contributed by atoms with Crippen molar-refractivity contribution >= 4 is 38.7 Å². The third-order valence-corrected chi connectivity index (χ3v) is 4.05. The number of furan rings is 1. The summed E-state index contributed by atoms with van der Waals surface area (Å²) in [5.41, 5.74) is 6.41. The molecule has 0 bridgehead atoms. The van der Waals surface area contributed by atoms with Gasteiger partial charge in [0.05, 0.1) is 11.1 Å². The second kappa shape index (κ2) is 4.87. The quantitative estimate of drug-likeness (QED) is 0.775. The van der Waals surface area contributed by atoms with Gasteiger partial charge in [0.2, 0.25) is 0 Å². The largest absolute Gasteiger partial charge is 0.459 e. The van der Waals surface area contributed by atoms with Crippen molar-refractivity contribution < 1.29 is 9.21 Å². The van der Waals surface area contributed by atoms with Crippen molar-refractivity contribution in [1.82, 2.24) is 4.98 Å². The molecule has 19 heavy (non-hydrogen) atoms. The van der Waals surface area contributed by atoms with Crippen LogP contribution in [0.2, 0.25) is 0 Å². The van der Waals surface area contributed by atoms with Gasteiger partial charge in [-0.3, -0.25) is 4.79 Å². The van der Waals surface area contributed by atoms with E-state index in [2.05, 4.69) is 10.3 Å². The Balaban J connectivity index is 1.91. The number of carbonyl (C=O) groups is 1. The highest BCUT2D eigenvalue weighted by molar-refractivity contribution is 7.20.